The van der Waals surface area contributed by atoms with Crippen molar-refractivity contribution in [1.82, 2.24) is 5.01 Å². The van der Waals surface area contributed by atoms with Gasteiger partial charge in [0.25, 0.3) is 0 Å². The third-order valence-electron chi connectivity index (χ3n) is 4.39. The highest BCUT2D eigenvalue weighted by Gasteiger charge is 2.31. The number of nitrogens with zero attached hydrogens (tertiary/aromatic N) is 2. The van der Waals surface area contributed by atoms with Gasteiger partial charge in [0.15, 0.2) is 0 Å². The first kappa shape index (κ1) is 21.6. The Bertz CT molecular complexity index is 991. The Morgan fingerprint density at radius 3 is 2.53 bits per heavy atom. The number of hydrogen-bond acceptors (Lipinski definition) is 4. The quantitative estimate of drug-likeness (QED) is 0.753. The number of carbonyl (C=O) groups is 2. The Labute approximate surface area is 175 Å². The smallest absolute Gasteiger partial charge is 0.416 e. The molecule has 3 rings (SSSR count). The minimum Gasteiger partial charge on any atom is -0.497 e. The fourth-order valence-corrected chi connectivity index (χ4v) is 3.00. The molecule has 0 aliphatic carbocycles. The summed E-state index contributed by atoms with van der Waals surface area (Å²) in [5.41, 5.74) is 0.244. The van der Waals surface area contributed by atoms with Crippen LogP contribution in [0.2, 0.25) is 5.02 Å². The number of carbonyl (C=O) groups excluding carboxylic acids is 2. The van der Waals surface area contributed by atoms with Crippen molar-refractivity contribution in [2.24, 2.45) is 5.10 Å². The zero-order valence-corrected chi connectivity index (χ0v) is 16.5. The normalized spacial score (nSPS) is 14.4. The molecule has 0 spiro atoms. The zero-order valence-electron chi connectivity index (χ0n) is 15.8. The van der Waals surface area contributed by atoms with Crippen LogP contribution in [0.15, 0.2) is 47.6 Å². The van der Waals surface area contributed by atoms with E-state index in [0.29, 0.717) is 17.9 Å². The Morgan fingerprint density at radius 1 is 1.20 bits per heavy atom. The molecule has 0 fully saturated rings. The van der Waals surface area contributed by atoms with Gasteiger partial charge in [0.05, 0.1) is 29.1 Å². The van der Waals surface area contributed by atoms with Gasteiger partial charge in [0, 0.05) is 12.8 Å². The molecule has 2 aromatic rings. The van der Waals surface area contributed by atoms with Crippen LogP contribution >= 0.6 is 11.6 Å². The van der Waals surface area contributed by atoms with E-state index < -0.39 is 24.2 Å². The van der Waals surface area contributed by atoms with E-state index >= 15 is 0 Å². The number of amides is 2. The van der Waals surface area contributed by atoms with Crippen molar-refractivity contribution in [2.45, 2.75) is 19.0 Å². The van der Waals surface area contributed by atoms with Crippen molar-refractivity contribution in [2.75, 3.05) is 19.0 Å². The van der Waals surface area contributed by atoms with Gasteiger partial charge in [-0.1, -0.05) is 11.6 Å². The van der Waals surface area contributed by atoms with Gasteiger partial charge >= 0.3 is 6.18 Å². The maximum Gasteiger partial charge on any atom is 0.416 e. The number of hydrazone groups is 1. The van der Waals surface area contributed by atoms with Gasteiger partial charge in [-0.3, -0.25) is 9.59 Å². The number of hydrogen-bond donors (Lipinski definition) is 1. The van der Waals surface area contributed by atoms with E-state index in [1.807, 2.05) is 0 Å². The fraction of sp³-hybridized carbons (Fsp3) is 0.250. The van der Waals surface area contributed by atoms with Crippen LogP contribution in [0.5, 0.6) is 5.75 Å². The predicted octanol–water partition coefficient (Wildman–Crippen LogP) is 4.33. The number of anilines is 1. The Kier molecular flexibility index (Phi) is 6.31. The molecule has 0 saturated carbocycles. The lowest BCUT2D eigenvalue weighted by Gasteiger charge is -2.23. The lowest BCUT2D eigenvalue weighted by Crippen LogP contribution is -2.38. The topological polar surface area (TPSA) is 71.0 Å². The second-order valence-electron chi connectivity index (χ2n) is 6.47. The van der Waals surface area contributed by atoms with E-state index in [9.17, 15) is 22.8 Å². The highest BCUT2D eigenvalue weighted by molar-refractivity contribution is 6.33. The summed E-state index contributed by atoms with van der Waals surface area (Å²) in [4.78, 5) is 24.5. The van der Waals surface area contributed by atoms with Crippen LogP contribution in [0.25, 0.3) is 0 Å². The summed E-state index contributed by atoms with van der Waals surface area (Å²) in [7, 11) is 1.54. The van der Waals surface area contributed by atoms with Gasteiger partial charge in [-0.25, -0.2) is 5.01 Å². The molecule has 10 heteroatoms. The van der Waals surface area contributed by atoms with E-state index in [1.165, 1.54) is 0 Å². The molecule has 0 saturated heterocycles. The van der Waals surface area contributed by atoms with E-state index in [1.54, 1.807) is 31.4 Å². The summed E-state index contributed by atoms with van der Waals surface area (Å²) < 4.78 is 43.7. The van der Waals surface area contributed by atoms with Crippen LogP contribution < -0.4 is 10.1 Å². The number of benzene rings is 2. The molecule has 0 radical (unpaired) electrons. The number of nitrogens with one attached hydrogen (secondary N) is 1. The van der Waals surface area contributed by atoms with E-state index in [-0.39, 0.29) is 23.0 Å². The molecule has 0 aromatic heterocycles. The summed E-state index contributed by atoms with van der Waals surface area (Å²) in [5.74, 6) is -0.415. The molecular formula is C20H17ClF3N3O3. The molecule has 6 nitrogen and oxygen atoms in total. The molecule has 158 valence electrons. The summed E-state index contributed by atoms with van der Waals surface area (Å²) in [6, 6.07) is 9.68. The van der Waals surface area contributed by atoms with Crippen LogP contribution in [0.4, 0.5) is 18.9 Å². The molecule has 2 aromatic carbocycles. The minimum atomic E-state index is -4.58. The summed E-state index contributed by atoms with van der Waals surface area (Å²) in [5, 5.41) is 7.49. The third-order valence-corrected chi connectivity index (χ3v) is 4.72. The highest BCUT2D eigenvalue weighted by Crippen LogP contribution is 2.33. The molecule has 0 unspecified atom stereocenters. The summed E-state index contributed by atoms with van der Waals surface area (Å²) >= 11 is 5.89. The number of alkyl halides is 3. The average molecular weight is 440 g/mol. The van der Waals surface area contributed by atoms with Crippen molar-refractivity contribution in [3.05, 3.63) is 58.6 Å². The van der Waals surface area contributed by atoms with Crippen LogP contribution in [0, 0.1) is 0 Å². The van der Waals surface area contributed by atoms with Gasteiger partial charge in [-0.2, -0.15) is 18.3 Å². The maximum absolute atomic E-state index is 12.9. The van der Waals surface area contributed by atoms with E-state index in [0.717, 1.165) is 28.8 Å². The lowest BCUT2D eigenvalue weighted by molar-refractivity contribution is -0.137. The van der Waals surface area contributed by atoms with Crippen molar-refractivity contribution in [3.63, 3.8) is 0 Å². The number of ether oxygens (including phenoxy) is 1. The first-order chi connectivity index (χ1) is 14.2. The van der Waals surface area contributed by atoms with Gasteiger partial charge in [0.1, 0.15) is 12.3 Å². The number of rotatable bonds is 5. The predicted molar refractivity (Wildman–Crippen MR) is 106 cm³/mol. The maximum atomic E-state index is 12.9. The Balaban J connectivity index is 1.74. The van der Waals surface area contributed by atoms with Gasteiger partial charge in [0.2, 0.25) is 11.8 Å². The summed E-state index contributed by atoms with van der Waals surface area (Å²) in [6.07, 6.45) is -4.02. The molecule has 1 heterocycles. The molecule has 1 aliphatic rings. The average Bonchev–Trinajstić information content (AvgIpc) is 2.70. The Hall–Kier alpha value is -3.07. The highest BCUT2D eigenvalue weighted by atomic mass is 35.5. The Morgan fingerprint density at radius 2 is 1.90 bits per heavy atom. The minimum absolute atomic E-state index is 0.0521. The summed E-state index contributed by atoms with van der Waals surface area (Å²) in [6.45, 7) is -0.453. The molecule has 1 aliphatic heterocycles. The van der Waals surface area contributed by atoms with Gasteiger partial charge < -0.3 is 10.1 Å². The van der Waals surface area contributed by atoms with Crippen LogP contribution in [0.3, 0.4) is 0 Å². The monoisotopic (exact) mass is 439 g/mol. The van der Waals surface area contributed by atoms with Crippen molar-refractivity contribution >= 4 is 34.8 Å². The fourth-order valence-electron chi connectivity index (χ4n) is 2.84. The van der Waals surface area contributed by atoms with Crippen molar-refractivity contribution in [3.8, 4) is 5.75 Å². The van der Waals surface area contributed by atoms with E-state index in [2.05, 4.69) is 10.4 Å². The van der Waals surface area contributed by atoms with Crippen LogP contribution in [0.1, 0.15) is 24.0 Å². The second-order valence-corrected chi connectivity index (χ2v) is 6.87. The van der Waals surface area contributed by atoms with Crippen LogP contribution in [-0.2, 0) is 15.8 Å². The SMILES string of the molecule is COc1ccc(C2=NN(CC(=O)Nc3cc(C(F)(F)F)ccc3Cl)C(=O)CC2)cc1. The first-order valence-electron chi connectivity index (χ1n) is 8.86. The molecule has 30 heavy (non-hydrogen) atoms. The van der Waals surface area contributed by atoms with Gasteiger partial charge in [-0.05, 0) is 48.0 Å². The van der Waals surface area contributed by atoms with Crippen molar-refractivity contribution < 1.29 is 27.5 Å². The first-order valence-corrected chi connectivity index (χ1v) is 9.24. The lowest BCUT2D eigenvalue weighted by atomic mass is 10.0. The zero-order chi connectivity index (χ0) is 21.9. The van der Waals surface area contributed by atoms with E-state index in [4.69, 9.17) is 16.3 Å². The molecule has 2 amide bonds. The largest absolute Gasteiger partial charge is 0.497 e. The molecular weight excluding hydrogens is 423 g/mol. The second kappa shape index (κ2) is 8.74. The van der Waals surface area contributed by atoms with Crippen molar-refractivity contribution in [1.29, 1.82) is 0 Å². The molecule has 0 atom stereocenters. The number of halogens is 4. The molecule has 0 bridgehead atoms. The molecule has 1 N–H and O–H groups in total. The third kappa shape index (κ3) is 5.10. The van der Waals surface area contributed by atoms with Crippen LogP contribution in [-0.4, -0.2) is 36.2 Å². The standard InChI is InChI=1S/C20H17ClF3N3O3/c1-30-14-5-2-12(3-6-14)16-8-9-19(29)27(26-16)11-18(28)25-17-10-13(20(22,23)24)4-7-15(17)21/h2-7,10H,8-9,11H2,1H3,(H,25,28). The number of methoxy groups -OCH3 is 1. The van der Waals surface area contributed by atoms with Gasteiger partial charge in [-0.15, -0.1) is 0 Å².